The highest BCUT2D eigenvalue weighted by Crippen LogP contribution is 2.40. The molecule has 10 heteroatoms. The maximum absolute atomic E-state index is 12.6. The van der Waals surface area contributed by atoms with Crippen LogP contribution >= 0.6 is 0 Å². The summed E-state index contributed by atoms with van der Waals surface area (Å²) in [5.41, 5.74) is 16.2. The van der Waals surface area contributed by atoms with Crippen LogP contribution in [-0.2, 0) is 16.0 Å². The number of aliphatic carboxylic acids is 2. The van der Waals surface area contributed by atoms with Gasteiger partial charge >= 0.3 is 11.9 Å². The molecule has 1 amide bonds. The fraction of sp³-hybridized carbons (Fsp3) is 0.400. The van der Waals surface area contributed by atoms with Gasteiger partial charge in [-0.15, -0.1) is 0 Å². The third kappa shape index (κ3) is 5.42. The SMILES string of the molecule is Nc1nc(N)c2c(n1)CCC2CCCC1C=Cc2cc(C(=O)N[C@@H](CCC(=O)O)C(=O)O)ccc21. The van der Waals surface area contributed by atoms with Crippen LogP contribution in [0.5, 0.6) is 0 Å². The van der Waals surface area contributed by atoms with Gasteiger partial charge in [-0.1, -0.05) is 24.6 Å². The van der Waals surface area contributed by atoms with E-state index in [1.807, 2.05) is 12.1 Å². The van der Waals surface area contributed by atoms with Crippen LogP contribution in [0.15, 0.2) is 24.3 Å². The number of fused-ring (bicyclic) bond motifs is 2. The first kappa shape index (κ1) is 24.2. The highest BCUT2D eigenvalue weighted by Gasteiger charge is 2.28. The summed E-state index contributed by atoms with van der Waals surface area (Å²) in [5, 5.41) is 20.5. The van der Waals surface area contributed by atoms with Crippen LogP contribution in [0.2, 0.25) is 0 Å². The molecular weight excluding hydrogens is 450 g/mol. The summed E-state index contributed by atoms with van der Waals surface area (Å²) >= 11 is 0. The Labute approximate surface area is 202 Å². The van der Waals surface area contributed by atoms with Crippen molar-refractivity contribution in [3.63, 3.8) is 0 Å². The van der Waals surface area contributed by atoms with E-state index in [1.165, 1.54) is 0 Å². The van der Waals surface area contributed by atoms with Gasteiger partial charge in [0.05, 0.1) is 5.69 Å². The van der Waals surface area contributed by atoms with Gasteiger partial charge in [0, 0.05) is 23.5 Å². The molecule has 184 valence electrons. The van der Waals surface area contributed by atoms with Crippen LogP contribution in [0, 0.1) is 0 Å². The van der Waals surface area contributed by atoms with Gasteiger partial charge in [-0.05, 0) is 61.3 Å². The molecule has 35 heavy (non-hydrogen) atoms. The number of hydrogen-bond acceptors (Lipinski definition) is 7. The molecule has 2 aliphatic carbocycles. The van der Waals surface area contributed by atoms with Crippen LogP contribution in [0.3, 0.4) is 0 Å². The first-order valence-electron chi connectivity index (χ1n) is 11.7. The van der Waals surface area contributed by atoms with Crippen molar-refractivity contribution < 1.29 is 24.6 Å². The minimum atomic E-state index is -1.26. The van der Waals surface area contributed by atoms with Crippen molar-refractivity contribution in [1.29, 1.82) is 0 Å². The van der Waals surface area contributed by atoms with E-state index in [-0.39, 0.29) is 24.7 Å². The van der Waals surface area contributed by atoms with Crippen LogP contribution in [-0.4, -0.2) is 44.1 Å². The van der Waals surface area contributed by atoms with Crippen LogP contribution < -0.4 is 16.8 Å². The lowest BCUT2D eigenvalue weighted by atomic mass is 9.90. The Morgan fingerprint density at radius 1 is 1.14 bits per heavy atom. The molecule has 0 saturated heterocycles. The monoisotopic (exact) mass is 479 g/mol. The summed E-state index contributed by atoms with van der Waals surface area (Å²) < 4.78 is 0. The smallest absolute Gasteiger partial charge is 0.326 e. The number of carbonyl (C=O) groups excluding carboxylic acids is 1. The number of amides is 1. The number of allylic oxidation sites excluding steroid dienone is 1. The van der Waals surface area contributed by atoms with E-state index in [1.54, 1.807) is 12.1 Å². The molecule has 0 aliphatic heterocycles. The van der Waals surface area contributed by atoms with Gasteiger partial charge < -0.3 is 27.0 Å². The normalized spacial score (nSPS) is 18.6. The summed E-state index contributed by atoms with van der Waals surface area (Å²) in [6, 6.07) is 4.07. The Hall–Kier alpha value is -3.95. The van der Waals surface area contributed by atoms with E-state index in [0.29, 0.717) is 17.3 Å². The van der Waals surface area contributed by atoms with Gasteiger partial charge in [0.25, 0.3) is 5.91 Å². The molecule has 2 unspecified atom stereocenters. The molecule has 1 aromatic carbocycles. The zero-order valence-electron chi connectivity index (χ0n) is 19.2. The first-order chi connectivity index (χ1) is 16.7. The van der Waals surface area contributed by atoms with Crippen molar-refractivity contribution >= 4 is 35.7 Å². The van der Waals surface area contributed by atoms with Crippen molar-refractivity contribution in [3.05, 3.63) is 52.2 Å². The number of nitrogens with two attached hydrogens (primary N) is 2. The number of rotatable bonds is 10. The zero-order chi connectivity index (χ0) is 25.1. The maximum Gasteiger partial charge on any atom is 0.326 e. The van der Waals surface area contributed by atoms with Crippen LogP contribution in [0.25, 0.3) is 6.08 Å². The highest BCUT2D eigenvalue weighted by molar-refractivity contribution is 5.97. The third-order valence-electron chi connectivity index (χ3n) is 6.78. The zero-order valence-corrected chi connectivity index (χ0v) is 19.2. The van der Waals surface area contributed by atoms with Crippen molar-refractivity contribution in [2.45, 2.75) is 62.8 Å². The van der Waals surface area contributed by atoms with E-state index in [4.69, 9.17) is 16.6 Å². The highest BCUT2D eigenvalue weighted by atomic mass is 16.4. The number of hydrogen-bond donors (Lipinski definition) is 5. The molecule has 10 nitrogen and oxygen atoms in total. The third-order valence-corrected chi connectivity index (χ3v) is 6.78. The van der Waals surface area contributed by atoms with Gasteiger partial charge in [0.15, 0.2) is 0 Å². The lowest BCUT2D eigenvalue weighted by molar-refractivity contribution is -0.140. The number of benzene rings is 1. The van der Waals surface area contributed by atoms with Crippen molar-refractivity contribution in [2.75, 3.05) is 11.5 Å². The van der Waals surface area contributed by atoms with Gasteiger partial charge in [0.1, 0.15) is 11.9 Å². The maximum atomic E-state index is 12.6. The molecule has 0 spiro atoms. The van der Waals surface area contributed by atoms with Gasteiger partial charge in [-0.3, -0.25) is 9.59 Å². The summed E-state index contributed by atoms with van der Waals surface area (Å²) in [5.74, 6) is -1.63. The molecule has 4 rings (SSSR count). The van der Waals surface area contributed by atoms with Crippen LogP contribution in [0.1, 0.15) is 83.1 Å². The molecule has 0 saturated carbocycles. The fourth-order valence-corrected chi connectivity index (χ4v) is 5.06. The molecule has 0 radical (unpaired) electrons. The molecule has 2 aromatic rings. The quantitative estimate of drug-likeness (QED) is 0.342. The average molecular weight is 480 g/mol. The predicted octanol–water partition coefficient (Wildman–Crippen LogP) is 2.70. The van der Waals surface area contributed by atoms with E-state index < -0.39 is 23.9 Å². The fourth-order valence-electron chi connectivity index (χ4n) is 5.06. The minimum Gasteiger partial charge on any atom is -0.481 e. The summed E-state index contributed by atoms with van der Waals surface area (Å²) in [6.45, 7) is 0. The molecule has 7 N–H and O–H groups in total. The second-order valence-corrected chi connectivity index (χ2v) is 9.10. The van der Waals surface area contributed by atoms with Gasteiger partial charge in [0.2, 0.25) is 5.95 Å². The number of nitrogens with zero attached hydrogens (tertiary/aromatic N) is 2. The topological polar surface area (TPSA) is 182 Å². The van der Waals surface area contributed by atoms with E-state index >= 15 is 0 Å². The largest absolute Gasteiger partial charge is 0.481 e. The number of aromatic nitrogens is 2. The number of carboxylic acids is 2. The Kier molecular flexibility index (Phi) is 6.99. The summed E-state index contributed by atoms with van der Waals surface area (Å²) in [7, 11) is 0. The molecule has 0 fully saturated rings. The predicted molar refractivity (Wildman–Crippen MR) is 130 cm³/mol. The number of carboxylic acid groups (broad SMARTS) is 2. The second kappa shape index (κ2) is 10.1. The number of nitrogen functional groups attached to an aromatic ring is 2. The number of carbonyl (C=O) groups is 3. The number of anilines is 2. The van der Waals surface area contributed by atoms with Crippen LogP contribution in [0.4, 0.5) is 11.8 Å². The Bertz CT molecular complexity index is 1200. The Morgan fingerprint density at radius 3 is 2.69 bits per heavy atom. The lowest BCUT2D eigenvalue weighted by Crippen LogP contribution is -2.41. The Balaban J connectivity index is 1.34. The van der Waals surface area contributed by atoms with Gasteiger partial charge in [-0.25, -0.2) is 9.78 Å². The van der Waals surface area contributed by atoms with Crippen molar-refractivity contribution in [3.8, 4) is 0 Å². The molecule has 1 aromatic heterocycles. The Morgan fingerprint density at radius 2 is 1.94 bits per heavy atom. The molecule has 0 bridgehead atoms. The second-order valence-electron chi connectivity index (χ2n) is 9.10. The van der Waals surface area contributed by atoms with E-state index in [9.17, 15) is 19.5 Å². The first-order valence-corrected chi connectivity index (χ1v) is 11.7. The van der Waals surface area contributed by atoms with Gasteiger partial charge in [-0.2, -0.15) is 4.98 Å². The molecule has 3 atom stereocenters. The molecular formula is C25H29N5O5. The van der Waals surface area contributed by atoms with Crippen molar-refractivity contribution in [2.24, 2.45) is 0 Å². The molecule has 2 aliphatic rings. The summed E-state index contributed by atoms with van der Waals surface area (Å²) in [6.07, 6.45) is 8.38. The summed E-state index contributed by atoms with van der Waals surface area (Å²) in [4.78, 5) is 43.1. The average Bonchev–Trinajstić information content (AvgIpc) is 3.40. The van der Waals surface area contributed by atoms with Crippen molar-refractivity contribution in [1.82, 2.24) is 15.3 Å². The molecule has 1 heterocycles. The standard InChI is InChI=1S/C25H29N5O5/c26-22-21-14(7-9-18(21)29-25(27)30-22)3-1-2-13-4-5-15-12-16(6-8-17(13)15)23(33)28-19(24(34)35)10-11-20(31)32/h4-6,8,12-14,19H,1-3,7,9-11H2,(H,28,33)(H,31,32)(H,34,35)(H4,26,27,29,30)/t13?,14?,19-/m0/s1. The van der Waals surface area contributed by atoms with E-state index in [0.717, 1.165) is 54.5 Å². The number of aryl methyl sites for hydroxylation is 1. The lowest BCUT2D eigenvalue weighted by Gasteiger charge is -2.16. The van der Waals surface area contributed by atoms with E-state index in [2.05, 4.69) is 21.4 Å². The number of nitrogens with one attached hydrogen (secondary N) is 1. The minimum absolute atomic E-state index is 0.181.